The first kappa shape index (κ1) is 22.7. The van der Waals surface area contributed by atoms with Crippen LogP contribution in [-0.2, 0) is 9.59 Å². The molecule has 0 spiro atoms. The number of aryl methyl sites for hydroxylation is 3. The van der Waals surface area contributed by atoms with Crippen molar-refractivity contribution in [2.75, 3.05) is 13.2 Å². The molecule has 0 radical (unpaired) electrons. The molecule has 1 heterocycles. The van der Waals surface area contributed by atoms with Crippen molar-refractivity contribution in [3.05, 3.63) is 58.7 Å². The number of hydrazone groups is 1. The monoisotopic (exact) mass is 441 g/mol. The second kappa shape index (κ2) is 9.87. The summed E-state index contributed by atoms with van der Waals surface area (Å²) >= 11 is 1.30. The Kier molecular flexibility index (Phi) is 7.22. The molecule has 1 aliphatic heterocycles. The molecule has 1 atom stereocenters. The highest BCUT2D eigenvalue weighted by atomic mass is 32.2. The van der Waals surface area contributed by atoms with Gasteiger partial charge < -0.3 is 14.8 Å². The molecule has 1 aliphatic rings. The Morgan fingerprint density at radius 2 is 1.61 bits per heavy atom. The lowest BCUT2D eigenvalue weighted by Gasteiger charge is -2.22. The Balaban J connectivity index is 1.71. The van der Waals surface area contributed by atoms with Crippen LogP contribution in [0.4, 0.5) is 0 Å². The predicted octanol–water partition coefficient (Wildman–Crippen LogP) is 4.07. The molecule has 164 valence electrons. The van der Waals surface area contributed by atoms with Crippen LogP contribution in [0.15, 0.2) is 41.5 Å². The molecular formula is C23H27N3O4S. The molecule has 0 aromatic heterocycles. The quantitative estimate of drug-likeness (QED) is 0.684. The van der Waals surface area contributed by atoms with Crippen molar-refractivity contribution in [2.45, 2.75) is 40.0 Å². The SMILES string of the molecule is CC(=O)NC1=NN(C(C)=O)[C@H](c2cc(C)ccc2OCCOc2ccc(C)cc2C)S1. The molecule has 2 aromatic rings. The lowest BCUT2D eigenvalue weighted by Crippen LogP contribution is -2.25. The van der Waals surface area contributed by atoms with E-state index in [9.17, 15) is 9.59 Å². The Morgan fingerprint density at radius 1 is 1.00 bits per heavy atom. The minimum absolute atomic E-state index is 0.219. The minimum Gasteiger partial charge on any atom is -0.490 e. The predicted molar refractivity (Wildman–Crippen MR) is 122 cm³/mol. The second-order valence-corrected chi connectivity index (χ2v) is 8.50. The van der Waals surface area contributed by atoms with Gasteiger partial charge in [0.15, 0.2) is 5.17 Å². The standard InChI is InChI=1S/C23H27N3O4S/c1-14-6-8-20(16(3)12-14)29-10-11-30-21-9-7-15(2)13-19(21)22-26(18(5)28)25-23(31-22)24-17(4)27/h6-9,12-13,22H,10-11H2,1-5H3,(H,24,25,27)/t22-/m0/s1. The summed E-state index contributed by atoms with van der Waals surface area (Å²) in [6, 6.07) is 11.9. The molecule has 0 fully saturated rings. The maximum atomic E-state index is 12.2. The Bertz CT molecular complexity index is 1020. The molecule has 7 nitrogen and oxygen atoms in total. The average molecular weight is 442 g/mol. The summed E-state index contributed by atoms with van der Waals surface area (Å²) in [5.41, 5.74) is 4.12. The topological polar surface area (TPSA) is 80.2 Å². The first-order valence-electron chi connectivity index (χ1n) is 10.0. The number of hydrogen-bond donors (Lipinski definition) is 1. The highest BCUT2D eigenvalue weighted by molar-refractivity contribution is 8.14. The number of amidine groups is 1. The highest BCUT2D eigenvalue weighted by Gasteiger charge is 2.34. The van der Waals surface area contributed by atoms with Gasteiger partial charge in [-0.05, 0) is 44.5 Å². The van der Waals surface area contributed by atoms with Crippen molar-refractivity contribution in [1.29, 1.82) is 0 Å². The van der Waals surface area contributed by atoms with Crippen molar-refractivity contribution in [1.82, 2.24) is 10.3 Å². The molecule has 2 amide bonds. The van der Waals surface area contributed by atoms with E-state index in [0.29, 0.717) is 24.1 Å². The zero-order valence-corrected chi connectivity index (χ0v) is 19.2. The molecule has 0 unspecified atom stereocenters. The van der Waals surface area contributed by atoms with Crippen LogP contribution in [0.5, 0.6) is 11.5 Å². The van der Waals surface area contributed by atoms with E-state index in [1.807, 2.05) is 51.1 Å². The van der Waals surface area contributed by atoms with Gasteiger partial charge in [-0.3, -0.25) is 9.59 Å². The van der Waals surface area contributed by atoms with Gasteiger partial charge in [-0.2, -0.15) is 0 Å². The van der Waals surface area contributed by atoms with E-state index >= 15 is 0 Å². The summed E-state index contributed by atoms with van der Waals surface area (Å²) in [6.45, 7) is 9.63. The van der Waals surface area contributed by atoms with Crippen LogP contribution >= 0.6 is 11.8 Å². The van der Waals surface area contributed by atoms with Gasteiger partial charge in [0.25, 0.3) is 0 Å². The third-order valence-electron chi connectivity index (χ3n) is 4.61. The molecular weight excluding hydrogens is 414 g/mol. The van der Waals surface area contributed by atoms with Crippen LogP contribution < -0.4 is 14.8 Å². The van der Waals surface area contributed by atoms with E-state index in [0.717, 1.165) is 22.4 Å². The lowest BCUT2D eigenvalue weighted by atomic mass is 10.1. The number of amides is 2. The van der Waals surface area contributed by atoms with Crippen molar-refractivity contribution in [3.63, 3.8) is 0 Å². The Morgan fingerprint density at radius 3 is 2.23 bits per heavy atom. The van der Waals surface area contributed by atoms with Gasteiger partial charge in [-0.25, -0.2) is 5.01 Å². The van der Waals surface area contributed by atoms with E-state index in [2.05, 4.69) is 16.5 Å². The molecule has 31 heavy (non-hydrogen) atoms. The number of nitrogens with zero attached hydrogens (tertiary/aromatic N) is 2. The lowest BCUT2D eigenvalue weighted by molar-refractivity contribution is -0.129. The van der Waals surface area contributed by atoms with Gasteiger partial charge >= 0.3 is 0 Å². The fourth-order valence-electron chi connectivity index (χ4n) is 3.22. The minimum atomic E-state index is -0.422. The number of carbonyl (C=O) groups excluding carboxylic acids is 2. The molecule has 3 rings (SSSR count). The van der Waals surface area contributed by atoms with Gasteiger partial charge in [0.05, 0.1) is 0 Å². The summed E-state index contributed by atoms with van der Waals surface area (Å²) in [5, 5.41) is 8.25. The molecule has 0 aliphatic carbocycles. The third kappa shape index (κ3) is 5.79. The third-order valence-corrected chi connectivity index (χ3v) is 5.69. The van der Waals surface area contributed by atoms with Crippen molar-refractivity contribution >= 4 is 28.7 Å². The smallest absolute Gasteiger partial charge is 0.241 e. The highest BCUT2D eigenvalue weighted by Crippen LogP contribution is 2.42. The molecule has 0 saturated carbocycles. The average Bonchev–Trinajstić information content (AvgIpc) is 3.10. The summed E-state index contributed by atoms with van der Waals surface area (Å²) < 4.78 is 11.9. The summed E-state index contributed by atoms with van der Waals surface area (Å²) in [5.74, 6) is 1.03. The summed E-state index contributed by atoms with van der Waals surface area (Å²) in [6.07, 6.45) is 0. The maximum Gasteiger partial charge on any atom is 0.241 e. The van der Waals surface area contributed by atoms with E-state index in [4.69, 9.17) is 9.47 Å². The number of carbonyl (C=O) groups is 2. The van der Waals surface area contributed by atoms with Gasteiger partial charge in [0.2, 0.25) is 11.8 Å². The van der Waals surface area contributed by atoms with Crippen molar-refractivity contribution in [3.8, 4) is 11.5 Å². The molecule has 0 saturated heterocycles. The van der Waals surface area contributed by atoms with Gasteiger partial charge in [0.1, 0.15) is 30.1 Å². The fourth-order valence-corrected chi connectivity index (χ4v) is 4.38. The van der Waals surface area contributed by atoms with E-state index in [1.165, 1.54) is 36.2 Å². The van der Waals surface area contributed by atoms with Crippen molar-refractivity contribution in [2.24, 2.45) is 5.10 Å². The number of rotatable bonds is 6. The zero-order chi connectivity index (χ0) is 22.5. The largest absolute Gasteiger partial charge is 0.490 e. The number of hydrogen-bond acceptors (Lipinski definition) is 6. The Labute approximate surface area is 186 Å². The van der Waals surface area contributed by atoms with Crippen LogP contribution in [0.1, 0.15) is 41.5 Å². The zero-order valence-electron chi connectivity index (χ0n) is 18.4. The molecule has 2 aromatic carbocycles. The number of thioether (sulfide) groups is 1. The van der Waals surface area contributed by atoms with Gasteiger partial charge in [0, 0.05) is 19.4 Å². The number of nitrogens with one attached hydrogen (secondary N) is 1. The molecule has 0 bridgehead atoms. The van der Waals surface area contributed by atoms with Crippen LogP contribution in [0.3, 0.4) is 0 Å². The number of ether oxygens (including phenoxy) is 2. The molecule has 1 N–H and O–H groups in total. The van der Waals surface area contributed by atoms with E-state index in [1.54, 1.807) is 0 Å². The van der Waals surface area contributed by atoms with Gasteiger partial charge in [-0.1, -0.05) is 41.1 Å². The summed E-state index contributed by atoms with van der Waals surface area (Å²) in [7, 11) is 0. The normalized spacial score (nSPS) is 15.5. The Hall–Kier alpha value is -3.00. The first-order chi connectivity index (χ1) is 14.7. The second-order valence-electron chi connectivity index (χ2n) is 7.43. The number of benzene rings is 2. The molecule has 8 heteroatoms. The van der Waals surface area contributed by atoms with Gasteiger partial charge in [-0.15, -0.1) is 5.10 Å². The summed E-state index contributed by atoms with van der Waals surface area (Å²) in [4.78, 5) is 23.6. The fraction of sp³-hybridized carbons (Fsp3) is 0.348. The van der Waals surface area contributed by atoms with E-state index in [-0.39, 0.29) is 11.8 Å². The van der Waals surface area contributed by atoms with E-state index < -0.39 is 5.37 Å². The van der Waals surface area contributed by atoms with Crippen LogP contribution in [0.25, 0.3) is 0 Å². The van der Waals surface area contributed by atoms with Crippen LogP contribution in [0, 0.1) is 20.8 Å². The maximum absolute atomic E-state index is 12.2. The van der Waals surface area contributed by atoms with Crippen molar-refractivity contribution < 1.29 is 19.1 Å². The first-order valence-corrected chi connectivity index (χ1v) is 10.9. The van der Waals surface area contributed by atoms with Crippen LogP contribution in [0.2, 0.25) is 0 Å². The van der Waals surface area contributed by atoms with Crippen LogP contribution in [-0.4, -0.2) is 35.2 Å².